The Labute approximate surface area is 139 Å². The van der Waals surface area contributed by atoms with Crippen LogP contribution in [0.25, 0.3) is 0 Å². The summed E-state index contributed by atoms with van der Waals surface area (Å²) < 4.78 is 18.0. The van der Waals surface area contributed by atoms with Gasteiger partial charge in [-0.25, -0.2) is 4.79 Å². The van der Waals surface area contributed by atoms with Gasteiger partial charge in [0.1, 0.15) is 5.60 Å². The Morgan fingerprint density at radius 1 is 1.13 bits per heavy atom. The van der Waals surface area contributed by atoms with Crippen LogP contribution >= 0.6 is 0 Å². The standard InChI is InChI=1S/C19H30O4/c1-12(2)16(20)22-18-7-14-6-15(8-18)10-19(9-14,11-18)23-17(21-5)13(3)4/h13-15,17H,1,6-11H2,2-5H3. The third kappa shape index (κ3) is 3.20. The normalized spacial score (nSPS) is 39.5. The second kappa shape index (κ2) is 5.89. The van der Waals surface area contributed by atoms with E-state index < -0.39 is 0 Å². The van der Waals surface area contributed by atoms with E-state index in [1.165, 1.54) is 6.42 Å². The van der Waals surface area contributed by atoms with Crippen molar-refractivity contribution in [3.05, 3.63) is 12.2 Å². The molecular formula is C19H30O4. The SMILES string of the molecule is C=C(C)C(=O)OC12CC3CC(C1)CC(OC(OC)C(C)C)(C3)C2. The van der Waals surface area contributed by atoms with Crippen molar-refractivity contribution in [3.8, 4) is 0 Å². The molecule has 4 bridgehead atoms. The van der Waals surface area contributed by atoms with Gasteiger partial charge in [0.2, 0.25) is 0 Å². The van der Waals surface area contributed by atoms with E-state index in [4.69, 9.17) is 14.2 Å². The number of rotatable bonds is 6. The molecule has 4 heteroatoms. The van der Waals surface area contributed by atoms with E-state index >= 15 is 0 Å². The lowest BCUT2D eigenvalue weighted by atomic mass is 9.52. The molecule has 0 aromatic rings. The van der Waals surface area contributed by atoms with E-state index in [0.29, 0.717) is 23.3 Å². The summed E-state index contributed by atoms with van der Waals surface area (Å²) in [5, 5.41) is 0. The Morgan fingerprint density at radius 2 is 1.70 bits per heavy atom. The van der Waals surface area contributed by atoms with Crippen molar-refractivity contribution in [1.29, 1.82) is 0 Å². The third-order valence-electron chi connectivity index (χ3n) is 5.75. The molecule has 4 rings (SSSR count). The molecule has 4 saturated carbocycles. The van der Waals surface area contributed by atoms with Crippen molar-refractivity contribution in [2.45, 2.75) is 76.8 Å². The first-order chi connectivity index (χ1) is 10.8. The summed E-state index contributed by atoms with van der Waals surface area (Å²) >= 11 is 0. The van der Waals surface area contributed by atoms with Crippen molar-refractivity contribution in [2.24, 2.45) is 17.8 Å². The van der Waals surface area contributed by atoms with Gasteiger partial charge in [-0.3, -0.25) is 0 Å². The van der Waals surface area contributed by atoms with Crippen LogP contribution < -0.4 is 0 Å². The Bertz CT molecular complexity index is 482. The van der Waals surface area contributed by atoms with E-state index in [2.05, 4.69) is 20.4 Å². The zero-order valence-corrected chi connectivity index (χ0v) is 14.9. The Kier molecular flexibility index (Phi) is 4.35. The Hall–Kier alpha value is -0.870. The van der Waals surface area contributed by atoms with Crippen LogP contribution in [0, 0.1) is 17.8 Å². The van der Waals surface area contributed by atoms with Crippen LogP contribution in [-0.2, 0) is 19.0 Å². The average Bonchev–Trinajstić information content (AvgIpc) is 2.42. The predicted octanol–water partition coefficient (Wildman–Crippen LogP) is 3.84. The maximum atomic E-state index is 12.1. The molecule has 23 heavy (non-hydrogen) atoms. The van der Waals surface area contributed by atoms with Gasteiger partial charge in [-0.15, -0.1) is 0 Å². The molecule has 3 unspecified atom stereocenters. The molecule has 3 atom stereocenters. The number of hydrogen-bond donors (Lipinski definition) is 0. The van der Waals surface area contributed by atoms with Gasteiger partial charge in [-0.2, -0.15) is 0 Å². The highest BCUT2D eigenvalue weighted by Gasteiger charge is 2.61. The van der Waals surface area contributed by atoms with Crippen LogP contribution in [0.5, 0.6) is 0 Å². The van der Waals surface area contributed by atoms with Gasteiger partial charge in [-0.05, 0) is 50.9 Å². The topological polar surface area (TPSA) is 44.8 Å². The van der Waals surface area contributed by atoms with Crippen molar-refractivity contribution >= 4 is 5.97 Å². The first-order valence-corrected chi connectivity index (χ1v) is 8.86. The molecule has 0 aromatic heterocycles. The molecule has 0 radical (unpaired) electrons. The molecular weight excluding hydrogens is 292 g/mol. The Balaban J connectivity index is 1.81. The number of ether oxygens (including phenoxy) is 3. The van der Waals surface area contributed by atoms with Crippen LogP contribution in [0.1, 0.15) is 59.3 Å². The van der Waals surface area contributed by atoms with E-state index in [9.17, 15) is 4.79 Å². The smallest absolute Gasteiger partial charge is 0.333 e. The van der Waals surface area contributed by atoms with Gasteiger partial charge in [-0.1, -0.05) is 20.4 Å². The fourth-order valence-electron chi connectivity index (χ4n) is 5.34. The van der Waals surface area contributed by atoms with Gasteiger partial charge in [0, 0.05) is 25.0 Å². The lowest BCUT2D eigenvalue weighted by Gasteiger charge is -2.61. The molecule has 0 spiro atoms. The van der Waals surface area contributed by atoms with Gasteiger partial charge in [0.25, 0.3) is 0 Å². The molecule has 0 heterocycles. The molecule has 4 aliphatic carbocycles. The predicted molar refractivity (Wildman–Crippen MR) is 87.8 cm³/mol. The summed E-state index contributed by atoms with van der Waals surface area (Å²) in [5.41, 5.74) is -0.0626. The highest BCUT2D eigenvalue weighted by molar-refractivity contribution is 5.87. The minimum atomic E-state index is -0.352. The molecule has 0 N–H and O–H groups in total. The summed E-state index contributed by atoms with van der Waals surface area (Å²) in [6.07, 6.45) is 5.96. The van der Waals surface area contributed by atoms with Crippen molar-refractivity contribution < 1.29 is 19.0 Å². The zero-order chi connectivity index (χ0) is 16.8. The molecule has 4 fully saturated rings. The van der Waals surface area contributed by atoms with Crippen LogP contribution in [0.2, 0.25) is 0 Å². The summed E-state index contributed by atoms with van der Waals surface area (Å²) in [4.78, 5) is 12.1. The van der Waals surface area contributed by atoms with Gasteiger partial charge >= 0.3 is 5.97 Å². The maximum absolute atomic E-state index is 12.1. The average molecular weight is 322 g/mol. The van der Waals surface area contributed by atoms with Crippen molar-refractivity contribution in [1.82, 2.24) is 0 Å². The number of carbonyl (C=O) groups excluding carboxylic acids is 1. The quantitative estimate of drug-likeness (QED) is 0.423. The number of methoxy groups -OCH3 is 1. The summed E-state index contributed by atoms with van der Waals surface area (Å²) in [7, 11) is 1.71. The first-order valence-electron chi connectivity index (χ1n) is 8.86. The largest absolute Gasteiger partial charge is 0.456 e. The lowest BCUT2D eigenvalue weighted by Crippen LogP contribution is -2.62. The van der Waals surface area contributed by atoms with E-state index in [0.717, 1.165) is 32.1 Å². The van der Waals surface area contributed by atoms with E-state index in [1.807, 2.05) is 0 Å². The van der Waals surface area contributed by atoms with Gasteiger partial charge in [0.15, 0.2) is 6.29 Å². The van der Waals surface area contributed by atoms with Crippen LogP contribution in [0.3, 0.4) is 0 Å². The highest BCUT2D eigenvalue weighted by atomic mass is 16.7. The molecule has 0 amide bonds. The summed E-state index contributed by atoms with van der Waals surface area (Å²) in [6.45, 7) is 9.68. The summed E-state index contributed by atoms with van der Waals surface area (Å²) in [6, 6.07) is 0. The second-order valence-corrected chi connectivity index (χ2v) is 8.46. The van der Waals surface area contributed by atoms with Crippen LogP contribution in [-0.4, -0.2) is 30.6 Å². The van der Waals surface area contributed by atoms with Gasteiger partial charge < -0.3 is 14.2 Å². The fraction of sp³-hybridized carbons (Fsp3) is 0.842. The maximum Gasteiger partial charge on any atom is 0.333 e. The minimum absolute atomic E-state index is 0.190. The minimum Gasteiger partial charge on any atom is -0.456 e. The molecule has 130 valence electrons. The summed E-state index contributed by atoms with van der Waals surface area (Å²) in [5.74, 6) is 1.24. The Morgan fingerprint density at radius 3 is 2.17 bits per heavy atom. The van der Waals surface area contributed by atoms with Gasteiger partial charge in [0.05, 0.1) is 5.60 Å². The van der Waals surface area contributed by atoms with E-state index in [-0.39, 0.29) is 23.5 Å². The second-order valence-electron chi connectivity index (χ2n) is 8.46. The molecule has 0 aromatic carbocycles. The van der Waals surface area contributed by atoms with Crippen molar-refractivity contribution in [3.63, 3.8) is 0 Å². The lowest BCUT2D eigenvalue weighted by molar-refractivity contribution is -0.287. The van der Waals surface area contributed by atoms with Crippen molar-refractivity contribution in [2.75, 3.05) is 7.11 Å². The molecule has 0 saturated heterocycles. The monoisotopic (exact) mass is 322 g/mol. The fourth-order valence-corrected chi connectivity index (χ4v) is 5.34. The first kappa shape index (κ1) is 17.0. The molecule has 4 aliphatic rings. The van der Waals surface area contributed by atoms with Crippen LogP contribution in [0.4, 0.5) is 0 Å². The third-order valence-corrected chi connectivity index (χ3v) is 5.75. The molecule has 0 aliphatic heterocycles. The van der Waals surface area contributed by atoms with E-state index in [1.54, 1.807) is 14.0 Å². The zero-order valence-electron chi connectivity index (χ0n) is 14.9. The molecule has 4 nitrogen and oxygen atoms in total. The number of carbonyl (C=O) groups is 1. The highest BCUT2D eigenvalue weighted by Crippen LogP contribution is 2.60. The number of hydrogen-bond acceptors (Lipinski definition) is 4. The van der Waals surface area contributed by atoms with Crippen LogP contribution in [0.15, 0.2) is 12.2 Å². The number of esters is 1.